The van der Waals surface area contributed by atoms with Crippen LogP contribution in [0.5, 0.6) is 0 Å². The summed E-state index contributed by atoms with van der Waals surface area (Å²) in [6.45, 7) is 2.00. The number of nitrogens with zero attached hydrogens (tertiary/aromatic N) is 3. The Morgan fingerprint density at radius 2 is 2.30 bits per heavy atom. The first kappa shape index (κ1) is 14.9. The van der Waals surface area contributed by atoms with Crippen LogP contribution in [0.2, 0.25) is 0 Å². The lowest BCUT2D eigenvalue weighted by Gasteiger charge is -2.12. The molecule has 23 heavy (non-hydrogen) atoms. The summed E-state index contributed by atoms with van der Waals surface area (Å²) in [6.07, 6.45) is -0.888. The van der Waals surface area contributed by atoms with Gasteiger partial charge in [-0.15, -0.1) is 0 Å². The maximum Gasteiger partial charge on any atom is 0.414 e. The molecule has 1 aliphatic heterocycles. The molecule has 2 aromatic rings. The molecule has 2 amide bonds. The molecule has 0 saturated carbocycles. The lowest BCUT2D eigenvalue weighted by molar-refractivity contribution is -0.119. The molecular formula is C14H16N4O5. The van der Waals surface area contributed by atoms with Crippen LogP contribution >= 0.6 is 0 Å². The molecule has 2 heterocycles. The molecule has 1 aliphatic rings. The van der Waals surface area contributed by atoms with Crippen molar-refractivity contribution in [1.29, 1.82) is 0 Å². The number of anilines is 1. The molecule has 1 aromatic heterocycles. The van der Waals surface area contributed by atoms with E-state index in [2.05, 4.69) is 10.5 Å². The fraction of sp³-hybridized carbons (Fsp3) is 0.357. The van der Waals surface area contributed by atoms with E-state index < -0.39 is 12.2 Å². The number of hydrogen-bond donors (Lipinski definition) is 2. The van der Waals surface area contributed by atoms with E-state index in [0.717, 1.165) is 5.52 Å². The zero-order valence-corrected chi connectivity index (χ0v) is 12.6. The van der Waals surface area contributed by atoms with Crippen molar-refractivity contribution >= 4 is 28.8 Å². The molecule has 122 valence electrons. The molecule has 0 radical (unpaired) electrons. The molecule has 0 unspecified atom stereocenters. The summed E-state index contributed by atoms with van der Waals surface area (Å²) in [4.78, 5) is 24.4. The first-order chi connectivity index (χ1) is 11.0. The number of nitrogens with one attached hydrogen (secondary N) is 1. The van der Waals surface area contributed by atoms with E-state index in [1.807, 2.05) is 0 Å². The normalized spacial score (nSPS) is 18.5. The molecular weight excluding hydrogens is 304 g/mol. The van der Waals surface area contributed by atoms with Crippen LogP contribution in [0.4, 0.5) is 10.5 Å². The Hall–Kier alpha value is -2.97. The maximum absolute atomic E-state index is 12.0. The highest BCUT2D eigenvalue weighted by molar-refractivity contribution is 5.92. The van der Waals surface area contributed by atoms with Crippen molar-refractivity contribution in [1.82, 2.24) is 9.88 Å². The number of carbonyl (C=O) groups excluding carboxylic acids is 2. The van der Waals surface area contributed by atoms with Crippen LogP contribution in [-0.2, 0) is 16.6 Å². The van der Waals surface area contributed by atoms with E-state index in [1.54, 1.807) is 29.8 Å². The zero-order valence-electron chi connectivity index (χ0n) is 12.6. The molecule has 1 saturated heterocycles. The molecule has 3 rings (SSSR count). The number of rotatable bonds is 3. The molecule has 0 spiro atoms. The minimum absolute atomic E-state index is 0.0599. The van der Waals surface area contributed by atoms with Gasteiger partial charge < -0.3 is 19.7 Å². The number of carbonyl (C=O) groups is 2. The summed E-state index contributed by atoms with van der Waals surface area (Å²) < 4.78 is 12.2. The number of fused-ring (bicyclic) bond motifs is 1. The highest BCUT2D eigenvalue weighted by atomic mass is 16.6. The third-order valence-electron chi connectivity index (χ3n) is 3.64. The standard InChI is InChI=1S/C14H16N4O5/c1-8(19)15-6-10-7-18(14(20)22-10)9-3-4-11-12(5-9)23-13(16-21)17(11)2/h3-5,10,21H,6-7H2,1-2H3,(H,15,19)/t10-/m0/s1. The van der Waals surface area contributed by atoms with Gasteiger partial charge in [0.15, 0.2) is 5.58 Å². The molecule has 0 bridgehead atoms. The van der Waals surface area contributed by atoms with Crippen molar-refractivity contribution < 1.29 is 24.0 Å². The average Bonchev–Trinajstić information content (AvgIpc) is 3.05. The van der Waals surface area contributed by atoms with Gasteiger partial charge in [0.1, 0.15) is 6.10 Å². The Morgan fingerprint density at radius 3 is 3.00 bits per heavy atom. The van der Waals surface area contributed by atoms with Gasteiger partial charge in [0, 0.05) is 20.0 Å². The average molecular weight is 320 g/mol. The molecule has 1 fully saturated rings. The number of amides is 2. The molecule has 1 aromatic carbocycles. The molecule has 0 aliphatic carbocycles. The third-order valence-corrected chi connectivity index (χ3v) is 3.64. The van der Waals surface area contributed by atoms with E-state index in [4.69, 9.17) is 14.4 Å². The second kappa shape index (κ2) is 5.67. The van der Waals surface area contributed by atoms with Gasteiger partial charge in [-0.25, -0.2) is 4.79 Å². The Bertz CT molecular complexity index is 837. The summed E-state index contributed by atoms with van der Waals surface area (Å²) in [5.74, 6) is -0.177. The largest absolute Gasteiger partial charge is 0.442 e. The number of cyclic esters (lactones) is 1. The quantitative estimate of drug-likeness (QED) is 0.633. The van der Waals surface area contributed by atoms with E-state index in [1.165, 1.54) is 11.8 Å². The number of aryl methyl sites for hydroxylation is 1. The summed E-state index contributed by atoms with van der Waals surface area (Å²) in [6, 6.07) is 5.18. The minimum atomic E-state index is -0.484. The summed E-state index contributed by atoms with van der Waals surface area (Å²) in [7, 11) is 1.70. The first-order valence-electron chi connectivity index (χ1n) is 7.00. The monoisotopic (exact) mass is 320 g/mol. The van der Waals surface area contributed by atoms with Crippen LogP contribution in [0.3, 0.4) is 0 Å². The Morgan fingerprint density at radius 1 is 1.52 bits per heavy atom. The topological polar surface area (TPSA) is 109 Å². The van der Waals surface area contributed by atoms with Gasteiger partial charge in [0.2, 0.25) is 5.91 Å². The SMILES string of the molecule is CC(=O)NC[C@H]1CN(c2ccc3c(c2)oc(=NO)n3C)C(=O)O1. The van der Waals surface area contributed by atoms with Crippen LogP contribution in [0.15, 0.2) is 27.8 Å². The number of oxazole rings is 1. The Balaban J connectivity index is 1.85. The lowest BCUT2D eigenvalue weighted by atomic mass is 10.2. The highest BCUT2D eigenvalue weighted by Crippen LogP contribution is 2.25. The fourth-order valence-corrected chi connectivity index (χ4v) is 2.48. The second-order valence-corrected chi connectivity index (χ2v) is 5.25. The van der Waals surface area contributed by atoms with Gasteiger partial charge >= 0.3 is 11.8 Å². The fourth-order valence-electron chi connectivity index (χ4n) is 2.48. The van der Waals surface area contributed by atoms with Crippen molar-refractivity contribution in [3.05, 3.63) is 23.9 Å². The van der Waals surface area contributed by atoms with Crippen LogP contribution in [0.25, 0.3) is 11.1 Å². The van der Waals surface area contributed by atoms with Gasteiger partial charge in [0.25, 0.3) is 0 Å². The Labute approximate surface area is 130 Å². The van der Waals surface area contributed by atoms with Crippen molar-refractivity contribution in [3.63, 3.8) is 0 Å². The number of aromatic nitrogens is 1. The minimum Gasteiger partial charge on any atom is -0.442 e. The van der Waals surface area contributed by atoms with Gasteiger partial charge in [-0.3, -0.25) is 14.3 Å². The maximum atomic E-state index is 12.0. The van der Waals surface area contributed by atoms with E-state index >= 15 is 0 Å². The van der Waals surface area contributed by atoms with Gasteiger partial charge in [-0.05, 0) is 17.3 Å². The summed E-state index contributed by atoms with van der Waals surface area (Å²) >= 11 is 0. The van der Waals surface area contributed by atoms with Crippen LogP contribution in [0.1, 0.15) is 6.92 Å². The van der Waals surface area contributed by atoms with Gasteiger partial charge in [0.05, 0.1) is 24.3 Å². The summed E-state index contributed by atoms with van der Waals surface area (Å²) in [5, 5.41) is 14.5. The summed E-state index contributed by atoms with van der Waals surface area (Å²) in [5.41, 5.74) is 1.87. The molecule has 9 heteroatoms. The van der Waals surface area contributed by atoms with Crippen LogP contribution in [0, 0.1) is 0 Å². The van der Waals surface area contributed by atoms with E-state index in [0.29, 0.717) is 17.8 Å². The van der Waals surface area contributed by atoms with Crippen molar-refractivity contribution in [2.45, 2.75) is 13.0 Å². The van der Waals surface area contributed by atoms with E-state index in [-0.39, 0.29) is 18.1 Å². The molecule has 2 N–H and O–H groups in total. The van der Waals surface area contributed by atoms with Crippen molar-refractivity contribution in [3.8, 4) is 0 Å². The predicted octanol–water partition coefficient (Wildman–Crippen LogP) is 0.522. The van der Waals surface area contributed by atoms with Crippen molar-refractivity contribution in [2.24, 2.45) is 12.2 Å². The van der Waals surface area contributed by atoms with E-state index in [9.17, 15) is 9.59 Å². The Kier molecular flexibility index (Phi) is 3.68. The smallest absolute Gasteiger partial charge is 0.414 e. The van der Waals surface area contributed by atoms with Gasteiger partial charge in [-0.1, -0.05) is 0 Å². The second-order valence-electron chi connectivity index (χ2n) is 5.25. The number of benzene rings is 1. The highest BCUT2D eigenvalue weighted by Gasteiger charge is 2.32. The predicted molar refractivity (Wildman–Crippen MR) is 78.8 cm³/mol. The molecule has 9 nitrogen and oxygen atoms in total. The number of hydrogen-bond acceptors (Lipinski definition) is 6. The lowest BCUT2D eigenvalue weighted by Crippen LogP contribution is -2.33. The van der Waals surface area contributed by atoms with Crippen LogP contribution < -0.4 is 15.9 Å². The third kappa shape index (κ3) is 2.72. The number of ether oxygens (including phenoxy) is 1. The van der Waals surface area contributed by atoms with Crippen molar-refractivity contribution in [2.75, 3.05) is 18.0 Å². The van der Waals surface area contributed by atoms with Gasteiger partial charge in [-0.2, -0.15) is 0 Å². The zero-order chi connectivity index (χ0) is 16.6. The van der Waals surface area contributed by atoms with Crippen LogP contribution in [-0.4, -0.2) is 41.0 Å². The first-order valence-corrected chi connectivity index (χ1v) is 7.00. The molecule has 1 atom stereocenters.